The van der Waals surface area contributed by atoms with Crippen molar-refractivity contribution in [2.75, 3.05) is 33.4 Å². The maximum atomic E-state index is 11.1. The van der Waals surface area contributed by atoms with Crippen molar-refractivity contribution < 1.29 is 19.7 Å². The summed E-state index contributed by atoms with van der Waals surface area (Å²) < 4.78 is 4.70. The molecule has 2 N–H and O–H groups in total. The highest BCUT2D eigenvalue weighted by atomic mass is 16.6. The minimum absolute atomic E-state index is 0.0415. The summed E-state index contributed by atoms with van der Waals surface area (Å²) in [6, 6.07) is 0. The summed E-state index contributed by atoms with van der Waals surface area (Å²) in [5.74, 6) is 0. The second-order valence-corrected chi connectivity index (χ2v) is 3.04. The van der Waals surface area contributed by atoms with Crippen molar-refractivity contribution >= 4 is 6.09 Å². The molecule has 0 saturated carbocycles. The lowest BCUT2D eigenvalue weighted by molar-refractivity contribution is 0.0905. The Balaban J connectivity index is 3.42. The Morgan fingerprint density at radius 3 is 2.50 bits per heavy atom. The first-order chi connectivity index (χ1) is 6.72. The smallest absolute Gasteiger partial charge is 0.409 e. The van der Waals surface area contributed by atoms with Crippen molar-refractivity contribution in [1.82, 2.24) is 4.90 Å². The second-order valence-electron chi connectivity index (χ2n) is 3.04. The molecule has 0 rings (SSSR count). The monoisotopic (exact) mass is 205 g/mol. The summed E-state index contributed by atoms with van der Waals surface area (Å²) in [7, 11) is 1.65. The van der Waals surface area contributed by atoms with Crippen LogP contribution in [-0.4, -0.2) is 54.6 Å². The highest BCUT2D eigenvalue weighted by Gasteiger charge is 2.08. The Morgan fingerprint density at radius 2 is 1.93 bits per heavy atom. The molecule has 0 aliphatic rings. The first-order valence-electron chi connectivity index (χ1n) is 4.82. The van der Waals surface area contributed by atoms with Crippen molar-refractivity contribution in [2.45, 2.75) is 19.3 Å². The van der Waals surface area contributed by atoms with Crippen LogP contribution in [0.3, 0.4) is 0 Å². The van der Waals surface area contributed by atoms with Crippen LogP contribution in [0.2, 0.25) is 0 Å². The van der Waals surface area contributed by atoms with Crippen LogP contribution in [0.25, 0.3) is 0 Å². The number of hydrogen-bond acceptors (Lipinski definition) is 4. The number of nitrogens with zero attached hydrogens (tertiary/aromatic N) is 1. The van der Waals surface area contributed by atoms with Crippen LogP contribution in [0.1, 0.15) is 19.3 Å². The molecule has 0 aromatic heterocycles. The molecule has 0 radical (unpaired) electrons. The van der Waals surface area contributed by atoms with Crippen molar-refractivity contribution in [3.05, 3.63) is 0 Å². The standard InChI is InChI=1S/C9H19NO4/c1-10(5-3-2-4-6-11)9(13)14-8-7-12/h11-12H,2-8H2,1H3. The lowest BCUT2D eigenvalue weighted by Crippen LogP contribution is -2.29. The van der Waals surface area contributed by atoms with E-state index in [1.54, 1.807) is 7.05 Å². The molecule has 0 bridgehead atoms. The van der Waals surface area contributed by atoms with Gasteiger partial charge in [-0.15, -0.1) is 0 Å². The zero-order chi connectivity index (χ0) is 10.8. The van der Waals surface area contributed by atoms with Gasteiger partial charge in [0.05, 0.1) is 6.61 Å². The minimum Gasteiger partial charge on any atom is -0.447 e. The first-order valence-corrected chi connectivity index (χ1v) is 4.82. The summed E-state index contributed by atoms with van der Waals surface area (Å²) in [4.78, 5) is 12.6. The van der Waals surface area contributed by atoms with Crippen molar-refractivity contribution in [3.63, 3.8) is 0 Å². The normalized spacial score (nSPS) is 9.93. The average molecular weight is 205 g/mol. The summed E-state index contributed by atoms with van der Waals surface area (Å²) >= 11 is 0. The van der Waals surface area contributed by atoms with Gasteiger partial charge in [-0.25, -0.2) is 4.79 Å². The van der Waals surface area contributed by atoms with E-state index in [1.165, 1.54) is 4.90 Å². The van der Waals surface area contributed by atoms with Crippen LogP contribution in [0.15, 0.2) is 0 Å². The fourth-order valence-corrected chi connectivity index (χ4v) is 0.972. The number of carbonyl (C=O) groups is 1. The predicted molar refractivity (Wildman–Crippen MR) is 52.0 cm³/mol. The van der Waals surface area contributed by atoms with E-state index in [0.717, 1.165) is 19.3 Å². The van der Waals surface area contributed by atoms with Crippen LogP contribution in [0.4, 0.5) is 4.79 Å². The molecule has 0 saturated heterocycles. The van der Waals surface area contributed by atoms with Crippen LogP contribution in [0, 0.1) is 0 Å². The SMILES string of the molecule is CN(CCCCCO)C(=O)OCCO. The molecule has 14 heavy (non-hydrogen) atoms. The highest BCUT2D eigenvalue weighted by Crippen LogP contribution is 1.98. The number of aliphatic hydroxyl groups is 2. The van der Waals surface area contributed by atoms with Crippen LogP contribution in [0.5, 0.6) is 0 Å². The lowest BCUT2D eigenvalue weighted by atomic mass is 10.2. The Kier molecular flexibility index (Phi) is 8.27. The molecular weight excluding hydrogens is 186 g/mol. The molecule has 0 spiro atoms. The number of ether oxygens (including phenoxy) is 1. The number of hydrogen-bond donors (Lipinski definition) is 2. The van der Waals surface area contributed by atoms with Crippen LogP contribution in [-0.2, 0) is 4.74 Å². The topological polar surface area (TPSA) is 70.0 Å². The van der Waals surface area contributed by atoms with E-state index >= 15 is 0 Å². The van der Waals surface area contributed by atoms with Gasteiger partial charge in [0.2, 0.25) is 0 Å². The molecule has 0 fully saturated rings. The predicted octanol–water partition coefficient (Wildman–Crippen LogP) is 0.210. The van der Waals surface area contributed by atoms with Gasteiger partial charge in [-0.1, -0.05) is 0 Å². The van der Waals surface area contributed by atoms with Crippen LogP contribution < -0.4 is 0 Å². The second kappa shape index (κ2) is 8.77. The van der Waals surface area contributed by atoms with E-state index in [9.17, 15) is 4.79 Å². The number of carbonyl (C=O) groups excluding carboxylic acids is 1. The lowest BCUT2D eigenvalue weighted by Gasteiger charge is -2.16. The van der Waals surface area contributed by atoms with Gasteiger partial charge in [0.1, 0.15) is 6.61 Å². The molecule has 0 aromatic rings. The van der Waals surface area contributed by atoms with Gasteiger partial charge in [0.15, 0.2) is 0 Å². The molecule has 0 atom stereocenters. The van der Waals surface area contributed by atoms with Gasteiger partial charge in [-0.2, -0.15) is 0 Å². The van der Waals surface area contributed by atoms with Crippen molar-refractivity contribution in [3.8, 4) is 0 Å². The molecule has 0 aliphatic heterocycles. The molecule has 5 heteroatoms. The fraction of sp³-hybridized carbons (Fsp3) is 0.889. The summed E-state index contributed by atoms with van der Waals surface area (Å²) in [6.45, 7) is 0.701. The highest BCUT2D eigenvalue weighted by molar-refractivity contribution is 5.67. The summed E-state index contributed by atoms with van der Waals surface area (Å²) in [5, 5.41) is 16.9. The average Bonchev–Trinajstić information content (AvgIpc) is 2.20. The fourth-order valence-electron chi connectivity index (χ4n) is 0.972. The minimum atomic E-state index is -0.414. The van der Waals surface area contributed by atoms with Gasteiger partial charge >= 0.3 is 6.09 Å². The Morgan fingerprint density at radius 1 is 1.21 bits per heavy atom. The van der Waals surface area contributed by atoms with Gasteiger partial charge in [-0.05, 0) is 19.3 Å². The van der Waals surface area contributed by atoms with E-state index in [2.05, 4.69) is 0 Å². The van der Waals surface area contributed by atoms with Crippen molar-refractivity contribution in [1.29, 1.82) is 0 Å². The van der Waals surface area contributed by atoms with Gasteiger partial charge in [0, 0.05) is 20.2 Å². The van der Waals surface area contributed by atoms with Crippen molar-refractivity contribution in [2.24, 2.45) is 0 Å². The molecule has 0 unspecified atom stereocenters. The Labute approximate surface area is 84.3 Å². The van der Waals surface area contributed by atoms with Gasteiger partial charge < -0.3 is 19.8 Å². The van der Waals surface area contributed by atoms with E-state index < -0.39 is 6.09 Å². The molecule has 84 valence electrons. The number of unbranched alkanes of at least 4 members (excludes halogenated alkanes) is 2. The third-order valence-electron chi connectivity index (χ3n) is 1.78. The maximum absolute atomic E-state index is 11.1. The Bertz CT molecular complexity index is 152. The number of rotatable bonds is 7. The molecule has 1 amide bonds. The van der Waals surface area contributed by atoms with E-state index in [-0.39, 0.29) is 19.8 Å². The molecular formula is C9H19NO4. The zero-order valence-corrected chi connectivity index (χ0v) is 8.61. The number of aliphatic hydroxyl groups excluding tert-OH is 2. The molecule has 5 nitrogen and oxygen atoms in total. The Hall–Kier alpha value is -0.810. The molecule has 0 aromatic carbocycles. The maximum Gasteiger partial charge on any atom is 0.409 e. The molecule has 0 heterocycles. The summed E-state index contributed by atoms with van der Waals surface area (Å²) in [5.41, 5.74) is 0. The quantitative estimate of drug-likeness (QED) is 0.583. The van der Waals surface area contributed by atoms with E-state index in [0.29, 0.717) is 6.54 Å². The number of amides is 1. The third kappa shape index (κ3) is 6.68. The van der Waals surface area contributed by atoms with E-state index in [1.807, 2.05) is 0 Å². The summed E-state index contributed by atoms with van der Waals surface area (Å²) in [6.07, 6.45) is 2.10. The zero-order valence-electron chi connectivity index (χ0n) is 8.61. The van der Waals surface area contributed by atoms with Gasteiger partial charge in [0.25, 0.3) is 0 Å². The first kappa shape index (κ1) is 13.2. The van der Waals surface area contributed by atoms with Crippen LogP contribution >= 0.6 is 0 Å². The largest absolute Gasteiger partial charge is 0.447 e. The van der Waals surface area contributed by atoms with E-state index in [4.69, 9.17) is 14.9 Å². The molecule has 0 aliphatic carbocycles. The third-order valence-corrected chi connectivity index (χ3v) is 1.78. The van der Waals surface area contributed by atoms with Gasteiger partial charge in [-0.3, -0.25) is 0 Å².